The average Bonchev–Trinajstić information content (AvgIpc) is 2.27. The summed E-state index contributed by atoms with van der Waals surface area (Å²) in [4.78, 5) is 4.29. The van der Waals surface area contributed by atoms with E-state index in [-0.39, 0.29) is 6.54 Å². The Labute approximate surface area is 127 Å². The molecule has 3 fully saturated rings. The third-order valence-electron chi connectivity index (χ3n) is 6.26. The first-order chi connectivity index (χ1) is 9.87. The summed E-state index contributed by atoms with van der Waals surface area (Å²) in [6.45, 7) is 9.69. The van der Waals surface area contributed by atoms with Gasteiger partial charge in [0.05, 0.1) is 12.0 Å². The van der Waals surface area contributed by atoms with Crippen molar-refractivity contribution in [2.24, 2.45) is 17.3 Å². The Bertz CT molecular complexity index is 371. The summed E-state index contributed by atoms with van der Waals surface area (Å²) in [6, 6.07) is 0.424. The van der Waals surface area contributed by atoms with E-state index in [1.165, 1.54) is 0 Å². The van der Waals surface area contributed by atoms with Crippen LogP contribution in [0.4, 0.5) is 8.78 Å². The van der Waals surface area contributed by atoms with Crippen LogP contribution in [0.5, 0.6) is 0 Å². The predicted molar refractivity (Wildman–Crippen MR) is 81.7 cm³/mol. The van der Waals surface area contributed by atoms with Crippen LogP contribution in [0.1, 0.15) is 46.5 Å². The molecule has 2 heterocycles. The fourth-order valence-corrected chi connectivity index (χ4v) is 4.50. The monoisotopic (exact) mass is 300 g/mol. The molecule has 3 rings (SSSR count). The summed E-state index contributed by atoms with van der Waals surface area (Å²) in [6.07, 6.45) is 4.00. The van der Waals surface area contributed by atoms with E-state index in [1.54, 1.807) is 0 Å². The van der Waals surface area contributed by atoms with Gasteiger partial charge in [-0.2, -0.15) is 0 Å². The van der Waals surface area contributed by atoms with Gasteiger partial charge in [0.2, 0.25) is 0 Å². The van der Waals surface area contributed by atoms with E-state index in [0.717, 1.165) is 38.3 Å². The number of halogens is 2. The number of likely N-dealkylation sites (tertiary alicyclic amines) is 2. The highest BCUT2D eigenvalue weighted by Crippen LogP contribution is 2.51. The second kappa shape index (κ2) is 5.45. The Hall–Kier alpha value is -0.220. The molecular weight excluding hydrogens is 270 g/mol. The van der Waals surface area contributed by atoms with E-state index in [9.17, 15) is 8.78 Å². The third-order valence-corrected chi connectivity index (χ3v) is 6.26. The van der Waals surface area contributed by atoms with Crippen molar-refractivity contribution in [1.82, 2.24) is 9.80 Å². The minimum absolute atomic E-state index is 0.00243. The van der Waals surface area contributed by atoms with Gasteiger partial charge in [0, 0.05) is 19.1 Å². The van der Waals surface area contributed by atoms with Crippen molar-refractivity contribution in [1.29, 1.82) is 0 Å². The fraction of sp³-hybridized carbons (Fsp3) is 1.00. The van der Waals surface area contributed by atoms with Gasteiger partial charge < -0.3 is 4.90 Å². The predicted octanol–water partition coefficient (Wildman–Crippen LogP) is 3.47. The highest BCUT2D eigenvalue weighted by Gasteiger charge is 2.62. The molecule has 0 N–H and O–H groups in total. The van der Waals surface area contributed by atoms with E-state index >= 15 is 0 Å². The van der Waals surface area contributed by atoms with Crippen molar-refractivity contribution < 1.29 is 8.78 Å². The smallest absolute Gasteiger partial charge is 0.268 e. The van der Waals surface area contributed by atoms with Crippen molar-refractivity contribution in [3.05, 3.63) is 0 Å². The second-order valence-corrected chi connectivity index (χ2v) is 8.05. The van der Waals surface area contributed by atoms with Crippen LogP contribution in [0, 0.1) is 17.3 Å². The SMILES string of the molecule is CCCN1CC2(CCN(C3CC(C(C)C)C3)CC2(F)F)C1. The van der Waals surface area contributed by atoms with Gasteiger partial charge in [-0.3, -0.25) is 4.90 Å². The van der Waals surface area contributed by atoms with Gasteiger partial charge in [0.15, 0.2) is 0 Å². The van der Waals surface area contributed by atoms with E-state index in [0.29, 0.717) is 31.5 Å². The average molecular weight is 300 g/mol. The molecule has 0 aromatic heterocycles. The van der Waals surface area contributed by atoms with Gasteiger partial charge >= 0.3 is 0 Å². The first kappa shape index (κ1) is 15.7. The normalized spacial score (nSPS) is 35.7. The van der Waals surface area contributed by atoms with E-state index in [2.05, 4.69) is 30.6 Å². The lowest BCUT2D eigenvalue weighted by Gasteiger charge is -2.59. The number of hydrogen-bond acceptors (Lipinski definition) is 2. The van der Waals surface area contributed by atoms with E-state index in [1.807, 2.05) is 0 Å². The number of piperidine rings is 1. The van der Waals surface area contributed by atoms with Gasteiger partial charge in [0.1, 0.15) is 0 Å². The highest BCUT2D eigenvalue weighted by atomic mass is 19.3. The van der Waals surface area contributed by atoms with Crippen LogP contribution in [0.25, 0.3) is 0 Å². The van der Waals surface area contributed by atoms with Crippen LogP contribution in [0.2, 0.25) is 0 Å². The lowest BCUT2D eigenvalue weighted by Crippen LogP contribution is -2.71. The van der Waals surface area contributed by atoms with Crippen LogP contribution >= 0.6 is 0 Å². The zero-order valence-electron chi connectivity index (χ0n) is 13.7. The maximum absolute atomic E-state index is 14.7. The minimum atomic E-state index is -2.50. The molecule has 1 spiro atoms. The van der Waals surface area contributed by atoms with Gasteiger partial charge in [-0.25, -0.2) is 8.78 Å². The number of hydrogen-bond donors (Lipinski definition) is 0. The number of rotatable bonds is 4. The molecule has 122 valence electrons. The maximum atomic E-state index is 14.7. The van der Waals surface area contributed by atoms with Crippen LogP contribution in [0.3, 0.4) is 0 Å². The summed E-state index contributed by atoms with van der Waals surface area (Å²) in [5.41, 5.74) is -0.708. The van der Waals surface area contributed by atoms with E-state index in [4.69, 9.17) is 0 Å². The van der Waals surface area contributed by atoms with Gasteiger partial charge in [-0.1, -0.05) is 20.8 Å². The van der Waals surface area contributed by atoms with Gasteiger partial charge in [-0.05, 0) is 50.6 Å². The van der Waals surface area contributed by atoms with Crippen LogP contribution in [-0.4, -0.2) is 54.5 Å². The topological polar surface area (TPSA) is 6.48 Å². The molecule has 2 nitrogen and oxygen atoms in total. The zero-order valence-corrected chi connectivity index (χ0v) is 13.7. The molecule has 0 unspecified atom stereocenters. The zero-order chi connectivity index (χ0) is 15.3. The summed E-state index contributed by atoms with van der Waals surface area (Å²) in [5, 5.41) is 0. The Morgan fingerprint density at radius 3 is 2.33 bits per heavy atom. The highest BCUT2D eigenvalue weighted by molar-refractivity contribution is 5.09. The molecular formula is C17H30F2N2. The lowest BCUT2D eigenvalue weighted by atomic mass is 9.67. The summed E-state index contributed by atoms with van der Waals surface area (Å²) < 4.78 is 29.4. The molecule has 0 aromatic rings. The maximum Gasteiger partial charge on any atom is 0.268 e. The molecule has 4 heteroatoms. The van der Waals surface area contributed by atoms with Gasteiger partial charge in [-0.15, -0.1) is 0 Å². The van der Waals surface area contributed by atoms with Crippen LogP contribution < -0.4 is 0 Å². The third kappa shape index (κ3) is 2.63. The molecule has 2 saturated heterocycles. The molecule has 0 atom stereocenters. The Morgan fingerprint density at radius 1 is 1.14 bits per heavy atom. The molecule has 0 radical (unpaired) electrons. The lowest BCUT2D eigenvalue weighted by molar-refractivity contribution is -0.232. The number of alkyl halides is 2. The van der Waals surface area contributed by atoms with Crippen molar-refractivity contribution in [3.63, 3.8) is 0 Å². The fourth-order valence-electron chi connectivity index (χ4n) is 4.50. The van der Waals surface area contributed by atoms with Crippen molar-refractivity contribution in [2.75, 3.05) is 32.7 Å². The molecule has 0 aromatic carbocycles. The molecule has 1 aliphatic carbocycles. The summed E-state index contributed by atoms with van der Waals surface area (Å²) in [5.74, 6) is -1.05. The Balaban J connectivity index is 1.54. The first-order valence-electron chi connectivity index (χ1n) is 8.71. The quantitative estimate of drug-likeness (QED) is 0.784. The largest absolute Gasteiger partial charge is 0.302 e. The molecule has 1 saturated carbocycles. The molecule has 3 aliphatic rings. The van der Waals surface area contributed by atoms with Crippen molar-refractivity contribution in [3.8, 4) is 0 Å². The van der Waals surface area contributed by atoms with Gasteiger partial charge in [0.25, 0.3) is 5.92 Å². The molecule has 21 heavy (non-hydrogen) atoms. The van der Waals surface area contributed by atoms with Crippen LogP contribution in [0.15, 0.2) is 0 Å². The second-order valence-electron chi connectivity index (χ2n) is 8.05. The van der Waals surface area contributed by atoms with Crippen molar-refractivity contribution >= 4 is 0 Å². The van der Waals surface area contributed by atoms with E-state index < -0.39 is 11.3 Å². The minimum Gasteiger partial charge on any atom is -0.302 e. The number of nitrogens with zero attached hydrogens (tertiary/aromatic N) is 2. The molecule has 0 bridgehead atoms. The molecule has 2 aliphatic heterocycles. The summed E-state index contributed by atoms with van der Waals surface area (Å²) in [7, 11) is 0. The standard InChI is InChI=1S/C17H30F2N2/c1-4-6-20-10-16(11-20)5-7-21(12-17(16,18)19)15-8-14(9-15)13(2)3/h13-15H,4-12H2,1-3H3. The Morgan fingerprint density at radius 2 is 1.81 bits per heavy atom. The Kier molecular flexibility index (Phi) is 4.07. The van der Waals surface area contributed by atoms with Crippen LogP contribution in [-0.2, 0) is 0 Å². The summed E-state index contributed by atoms with van der Waals surface area (Å²) >= 11 is 0. The first-order valence-corrected chi connectivity index (χ1v) is 8.71. The molecule has 0 amide bonds. The van der Waals surface area contributed by atoms with Crippen molar-refractivity contribution in [2.45, 2.75) is 58.4 Å².